The summed E-state index contributed by atoms with van der Waals surface area (Å²) in [5.74, 6) is -1.13. The summed E-state index contributed by atoms with van der Waals surface area (Å²) < 4.78 is 3.13. The first-order valence-electron chi connectivity index (χ1n) is 10.7. The van der Waals surface area contributed by atoms with Crippen molar-refractivity contribution in [3.05, 3.63) is 42.5 Å². The van der Waals surface area contributed by atoms with E-state index in [1.54, 1.807) is 20.0 Å². The van der Waals surface area contributed by atoms with Gasteiger partial charge in [0.1, 0.15) is 0 Å². The van der Waals surface area contributed by atoms with Crippen LogP contribution in [0.15, 0.2) is 36.9 Å². The number of amides is 1. The van der Waals surface area contributed by atoms with Gasteiger partial charge in [0.05, 0.1) is 28.0 Å². The lowest BCUT2D eigenvalue weighted by Gasteiger charge is -2.20. The van der Waals surface area contributed by atoms with Gasteiger partial charge in [0.2, 0.25) is 5.91 Å². The van der Waals surface area contributed by atoms with Crippen LogP contribution < -0.4 is 5.32 Å². The smallest absolute Gasteiger partial charge is 0.309 e. The number of hydrogen-bond donors (Lipinski definition) is 2. The SMILES string of the molecule is CN(C)CCCC(c1ccc2nc(NC(=O)CCC(C)(C)C(=O)O)sc2c1)n1ccnc1. The van der Waals surface area contributed by atoms with Gasteiger partial charge in [0, 0.05) is 18.8 Å². The van der Waals surface area contributed by atoms with Gasteiger partial charge in [-0.15, -0.1) is 0 Å². The van der Waals surface area contributed by atoms with Gasteiger partial charge in [0.15, 0.2) is 5.13 Å². The molecule has 1 unspecified atom stereocenters. The van der Waals surface area contributed by atoms with Crippen LogP contribution in [0, 0.1) is 5.41 Å². The van der Waals surface area contributed by atoms with Gasteiger partial charge in [0.25, 0.3) is 0 Å². The van der Waals surface area contributed by atoms with E-state index in [0.717, 1.165) is 29.6 Å². The van der Waals surface area contributed by atoms with E-state index in [0.29, 0.717) is 5.13 Å². The molecule has 2 aromatic heterocycles. The number of aliphatic carboxylic acids is 1. The molecule has 0 saturated carbocycles. The summed E-state index contributed by atoms with van der Waals surface area (Å²) in [6.45, 7) is 4.26. The standard InChI is InChI=1S/C23H31N5O3S/c1-23(2,21(30)31)10-9-20(29)26-22-25-17-8-7-16(14-19(17)32-22)18(6-5-12-27(3)4)28-13-11-24-15-28/h7-8,11,13-15,18H,5-6,9-10,12H2,1-4H3,(H,30,31)(H,25,26,29). The molecule has 0 radical (unpaired) electrons. The van der Waals surface area contributed by atoms with Crippen molar-refractivity contribution < 1.29 is 14.7 Å². The Labute approximate surface area is 192 Å². The first kappa shape index (κ1) is 23.9. The summed E-state index contributed by atoms with van der Waals surface area (Å²) in [5.41, 5.74) is 1.07. The highest BCUT2D eigenvalue weighted by atomic mass is 32.1. The van der Waals surface area contributed by atoms with E-state index in [2.05, 4.69) is 51.0 Å². The number of carbonyl (C=O) groups excluding carboxylic acids is 1. The molecule has 3 aromatic rings. The van der Waals surface area contributed by atoms with Crippen molar-refractivity contribution in [1.82, 2.24) is 19.4 Å². The maximum atomic E-state index is 12.3. The van der Waals surface area contributed by atoms with Crippen molar-refractivity contribution in [2.24, 2.45) is 5.41 Å². The second kappa shape index (κ2) is 10.2. The summed E-state index contributed by atoms with van der Waals surface area (Å²) in [4.78, 5) is 34.5. The third-order valence-electron chi connectivity index (χ3n) is 5.57. The summed E-state index contributed by atoms with van der Waals surface area (Å²) >= 11 is 1.43. The van der Waals surface area contributed by atoms with Gasteiger partial charge < -0.3 is 19.9 Å². The van der Waals surface area contributed by atoms with Crippen molar-refractivity contribution in [3.8, 4) is 0 Å². The maximum absolute atomic E-state index is 12.3. The molecule has 32 heavy (non-hydrogen) atoms. The number of aromatic nitrogens is 3. The fourth-order valence-corrected chi connectivity index (χ4v) is 4.39. The average Bonchev–Trinajstić information content (AvgIpc) is 3.38. The zero-order valence-electron chi connectivity index (χ0n) is 19.0. The molecule has 0 spiro atoms. The Balaban J connectivity index is 1.73. The zero-order valence-corrected chi connectivity index (χ0v) is 19.9. The Kier molecular flexibility index (Phi) is 7.63. The zero-order chi connectivity index (χ0) is 23.3. The van der Waals surface area contributed by atoms with Gasteiger partial charge in [-0.2, -0.15) is 0 Å². The summed E-state index contributed by atoms with van der Waals surface area (Å²) in [6.07, 6.45) is 8.08. The van der Waals surface area contributed by atoms with Crippen molar-refractivity contribution >= 4 is 38.6 Å². The summed E-state index contributed by atoms with van der Waals surface area (Å²) in [5, 5.41) is 12.6. The number of fused-ring (bicyclic) bond motifs is 1. The summed E-state index contributed by atoms with van der Waals surface area (Å²) in [7, 11) is 4.15. The minimum atomic E-state index is -0.936. The molecule has 0 saturated heterocycles. The Morgan fingerprint density at radius 1 is 1.31 bits per heavy atom. The van der Waals surface area contributed by atoms with E-state index < -0.39 is 11.4 Å². The molecule has 9 heteroatoms. The van der Waals surface area contributed by atoms with Crippen LogP contribution in [0.4, 0.5) is 5.13 Å². The van der Waals surface area contributed by atoms with Crippen LogP contribution in [-0.4, -0.2) is 57.1 Å². The van der Waals surface area contributed by atoms with Crippen molar-refractivity contribution in [1.29, 1.82) is 0 Å². The van der Waals surface area contributed by atoms with Crippen LogP contribution in [0.2, 0.25) is 0 Å². The number of anilines is 1. The molecular weight excluding hydrogens is 426 g/mol. The van der Waals surface area contributed by atoms with Crippen LogP contribution >= 0.6 is 11.3 Å². The lowest BCUT2D eigenvalue weighted by Crippen LogP contribution is -2.25. The van der Waals surface area contributed by atoms with Gasteiger partial charge in [-0.3, -0.25) is 9.59 Å². The van der Waals surface area contributed by atoms with E-state index in [1.807, 2.05) is 18.6 Å². The monoisotopic (exact) mass is 457 g/mol. The first-order chi connectivity index (χ1) is 15.2. The Morgan fingerprint density at radius 2 is 2.09 bits per heavy atom. The topological polar surface area (TPSA) is 100 Å². The second-order valence-electron chi connectivity index (χ2n) is 8.95. The van der Waals surface area contributed by atoms with Gasteiger partial charge >= 0.3 is 5.97 Å². The number of nitrogens with zero attached hydrogens (tertiary/aromatic N) is 4. The average molecular weight is 458 g/mol. The molecule has 1 atom stereocenters. The highest BCUT2D eigenvalue weighted by Crippen LogP contribution is 2.32. The molecule has 2 N–H and O–H groups in total. The molecule has 0 aliphatic heterocycles. The number of carboxylic acid groups (broad SMARTS) is 1. The quantitative estimate of drug-likeness (QED) is 0.446. The third-order valence-corrected chi connectivity index (χ3v) is 6.50. The lowest BCUT2D eigenvalue weighted by atomic mass is 9.88. The largest absolute Gasteiger partial charge is 0.481 e. The Bertz CT molecular complexity index is 1060. The number of thiazole rings is 1. The van der Waals surface area contributed by atoms with E-state index >= 15 is 0 Å². The molecule has 1 amide bonds. The molecule has 3 rings (SSSR count). The van der Waals surface area contributed by atoms with Gasteiger partial charge in [-0.25, -0.2) is 9.97 Å². The molecule has 1 aromatic carbocycles. The third kappa shape index (κ3) is 6.14. The normalized spacial score (nSPS) is 12.9. The maximum Gasteiger partial charge on any atom is 0.309 e. The lowest BCUT2D eigenvalue weighted by molar-refractivity contribution is -0.147. The van der Waals surface area contributed by atoms with Crippen LogP contribution in [0.5, 0.6) is 0 Å². The van der Waals surface area contributed by atoms with Crippen molar-refractivity contribution in [3.63, 3.8) is 0 Å². The van der Waals surface area contributed by atoms with E-state index in [9.17, 15) is 14.7 Å². The van der Waals surface area contributed by atoms with E-state index in [4.69, 9.17) is 0 Å². The minimum Gasteiger partial charge on any atom is -0.481 e. The van der Waals surface area contributed by atoms with Gasteiger partial charge in [-0.1, -0.05) is 17.4 Å². The first-order valence-corrected chi connectivity index (χ1v) is 11.5. The van der Waals surface area contributed by atoms with E-state index in [1.165, 1.54) is 16.9 Å². The molecule has 0 fully saturated rings. The molecule has 8 nitrogen and oxygen atoms in total. The van der Waals surface area contributed by atoms with Crippen LogP contribution in [0.1, 0.15) is 51.1 Å². The van der Waals surface area contributed by atoms with Crippen LogP contribution in [0.25, 0.3) is 10.2 Å². The molecule has 2 heterocycles. The Hall–Kier alpha value is -2.78. The number of rotatable bonds is 11. The predicted octanol–water partition coefficient (Wildman–Crippen LogP) is 4.25. The number of nitrogens with one attached hydrogen (secondary N) is 1. The fourth-order valence-electron chi connectivity index (χ4n) is 3.46. The number of benzene rings is 1. The number of hydrogen-bond acceptors (Lipinski definition) is 6. The number of imidazole rings is 1. The van der Waals surface area contributed by atoms with E-state index in [-0.39, 0.29) is 24.8 Å². The number of carboxylic acids is 1. The fraction of sp³-hybridized carbons (Fsp3) is 0.478. The molecule has 172 valence electrons. The molecule has 0 bridgehead atoms. The predicted molar refractivity (Wildman–Crippen MR) is 127 cm³/mol. The number of carbonyl (C=O) groups is 2. The Morgan fingerprint density at radius 3 is 2.75 bits per heavy atom. The second-order valence-corrected chi connectivity index (χ2v) is 9.99. The highest BCUT2D eigenvalue weighted by Gasteiger charge is 2.27. The van der Waals surface area contributed by atoms with Crippen molar-refractivity contribution in [2.75, 3.05) is 26.0 Å². The van der Waals surface area contributed by atoms with Crippen LogP contribution in [0.3, 0.4) is 0 Å². The molecule has 0 aliphatic rings. The molecular formula is C23H31N5O3S. The van der Waals surface area contributed by atoms with Crippen LogP contribution in [-0.2, 0) is 9.59 Å². The minimum absolute atomic E-state index is 0.134. The molecule has 0 aliphatic carbocycles. The van der Waals surface area contributed by atoms with Gasteiger partial charge in [-0.05, 0) is 71.4 Å². The summed E-state index contributed by atoms with van der Waals surface area (Å²) in [6, 6.07) is 6.39. The van der Waals surface area contributed by atoms with Crippen molar-refractivity contribution in [2.45, 2.75) is 45.6 Å². The highest BCUT2D eigenvalue weighted by molar-refractivity contribution is 7.22.